The summed E-state index contributed by atoms with van der Waals surface area (Å²) in [6, 6.07) is 16.7. The molecule has 0 unspecified atom stereocenters. The van der Waals surface area contributed by atoms with Crippen molar-refractivity contribution in [2.45, 2.75) is 20.0 Å². The number of aryl methyl sites for hydroxylation is 1. The number of hydrogen-bond donors (Lipinski definition) is 1. The molecule has 1 atom stereocenters. The van der Waals surface area contributed by atoms with Crippen molar-refractivity contribution in [3.63, 3.8) is 0 Å². The molecule has 30 heavy (non-hydrogen) atoms. The molecule has 0 aliphatic heterocycles. The van der Waals surface area contributed by atoms with E-state index in [-0.39, 0.29) is 5.91 Å². The van der Waals surface area contributed by atoms with Gasteiger partial charge in [-0.1, -0.05) is 18.2 Å². The molecule has 0 aliphatic carbocycles. The maximum atomic E-state index is 12.5. The smallest absolute Gasteiger partial charge is 0.265 e. The van der Waals surface area contributed by atoms with Gasteiger partial charge in [0.25, 0.3) is 5.91 Å². The largest absolute Gasteiger partial charge is 0.493 e. The van der Waals surface area contributed by atoms with Crippen molar-refractivity contribution in [3.05, 3.63) is 66.5 Å². The van der Waals surface area contributed by atoms with Crippen molar-refractivity contribution in [2.75, 3.05) is 12.4 Å². The topological polar surface area (TPSA) is 90.6 Å². The van der Waals surface area contributed by atoms with E-state index >= 15 is 0 Å². The standard InChI is InChI=1S/C22H21N5O3/c1-14-4-10-19(20(12-14)29-3)30-15(2)22(28)24-17-7-5-16(6-8-17)18-9-11-21-25-23-13-27(21)26-18/h4-13,15H,1-3H3,(H,24,28)/t15-/m1/s1. The average molecular weight is 403 g/mol. The molecule has 152 valence electrons. The summed E-state index contributed by atoms with van der Waals surface area (Å²) in [6.07, 6.45) is 0.858. The SMILES string of the molecule is COc1cc(C)ccc1O[C@H](C)C(=O)Nc1ccc(-c2ccc3nncn3n2)cc1. The maximum absolute atomic E-state index is 12.5. The Morgan fingerprint density at radius 3 is 2.63 bits per heavy atom. The van der Waals surface area contributed by atoms with Gasteiger partial charge >= 0.3 is 0 Å². The number of carbonyl (C=O) groups excluding carboxylic acids is 1. The third kappa shape index (κ3) is 4.07. The summed E-state index contributed by atoms with van der Waals surface area (Å²) in [4.78, 5) is 12.5. The molecule has 0 fully saturated rings. The average Bonchev–Trinajstić information content (AvgIpc) is 3.23. The van der Waals surface area contributed by atoms with Crippen molar-refractivity contribution in [1.82, 2.24) is 19.8 Å². The van der Waals surface area contributed by atoms with Gasteiger partial charge in [0.2, 0.25) is 0 Å². The van der Waals surface area contributed by atoms with Gasteiger partial charge in [0.15, 0.2) is 23.3 Å². The number of methoxy groups -OCH3 is 1. The fourth-order valence-electron chi connectivity index (χ4n) is 2.97. The highest BCUT2D eigenvalue weighted by molar-refractivity contribution is 5.94. The van der Waals surface area contributed by atoms with Crippen LogP contribution >= 0.6 is 0 Å². The molecule has 2 aromatic carbocycles. The highest BCUT2D eigenvalue weighted by atomic mass is 16.5. The van der Waals surface area contributed by atoms with Gasteiger partial charge in [0.1, 0.15) is 6.33 Å². The van der Waals surface area contributed by atoms with E-state index in [2.05, 4.69) is 20.6 Å². The van der Waals surface area contributed by atoms with Gasteiger partial charge in [-0.25, -0.2) is 0 Å². The third-order valence-corrected chi connectivity index (χ3v) is 4.60. The summed E-state index contributed by atoms with van der Waals surface area (Å²) in [5.74, 6) is 0.863. The highest BCUT2D eigenvalue weighted by Crippen LogP contribution is 2.29. The first kappa shape index (κ1) is 19.4. The van der Waals surface area contributed by atoms with Gasteiger partial charge in [-0.15, -0.1) is 10.2 Å². The molecule has 2 heterocycles. The molecule has 8 heteroatoms. The van der Waals surface area contributed by atoms with E-state index in [0.717, 1.165) is 16.8 Å². The highest BCUT2D eigenvalue weighted by Gasteiger charge is 2.17. The number of ether oxygens (including phenoxy) is 2. The quantitative estimate of drug-likeness (QED) is 0.530. The first-order chi connectivity index (χ1) is 14.5. The van der Waals surface area contributed by atoms with Gasteiger partial charge in [0.05, 0.1) is 12.8 Å². The number of hydrogen-bond acceptors (Lipinski definition) is 6. The number of fused-ring (bicyclic) bond motifs is 1. The summed E-state index contributed by atoms with van der Waals surface area (Å²) in [6.45, 7) is 3.66. The van der Waals surface area contributed by atoms with Crippen molar-refractivity contribution >= 4 is 17.2 Å². The number of carbonyl (C=O) groups is 1. The molecule has 0 saturated carbocycles. The molecule has 8 nitrogen and oxygen atoms in total. The lowest BCUT2D eigenvalue weighted by atomic mass is 10.1. The van der Waals surface area contributed by atoms with Crippen molar-refractivity contribution < 1.29 is 14.3 Å². The second-order valence-corrected chi connectivity index (χ2v) is 6.83. The summed E-state index contributed by atoms with van der Waals surface area (Å²) in [5, 5.41) is 15.1. The Kier molecular flexibility index (Phi) is 5.30. The van der Waals surface area contributed by atoms with Crippen LogP contribution in [0.5, 0.6) is 11.5 Å². The minimum absolute atomic E-state index is 0.255. The number of rotatable bonds is 6. The van der Waals surface area contributed by atoms with Crippen LogP contribution in [0.1, 0.15) is 12.5 Å². The third-order valence-electron chi connectivity index (χ3n) is 4.60. The zero-order chi connectivity index (χ0) is 21.1. The van der Waals surface area contributed by atoms with E-state index in [9.17, 15) is 4.79 Å². The summed E-state index contributed by atoms with van der Waals surface area (Å²) < 4.78 is 12.7. The molecule has 0 radical (unpaired) electrons. The predicted molar refractivity (Wildman–Crippen MR) is 113 cm³/mol. The van der Waals surface area contributed by atoms with Crippen LogP contribution in [0.15, 0.2) is 60.9 Å². The molecule has 0 aliphatic rings. The second-order valence-electron chi connectivity index (χ2n) is 6.83. The fraction of sp³-hybridized carbons (Fsp3) is 0.182. The molecule has 4 rings (SSSR count). The predicted octanol–water partition coefficient (Wildman–Crippen LogP) is 3.51. The van der Waals surface area contributed by atoms with Crippen LogP contribution < -0.4 is 14.8 Å². The first-order valence-electron chi connectivity index (χ1n) is 9.43. The number of benzene rings is 2. The number of nitrogens with one attached hydrogen (secondary N) is 1. The zero-order valence-electron chi connectivity index (χ0n) is 16.9. The van der Waals surface area contributed by atoms with Crippen molar-refractivity contribution in [1.29, 1.82) is 0 Å². The van der Waals surface area contributed by atoms with Crippen molar-refractivity contribution in [2.24, 2.45) is 0 Å². The molecule has 1 N–H and O–H groups in total. The van der Waals surface area contributed by atoms with Gasteiger partial charge in [-0.2, -0.15) is 9.61 Å². The monoisotopic (exact) mass is 403 g/mol. The lowest BCUT2D eigenvalue weighted by Gasteiger charge is -2.17. The number of aromatic nitrogens is 4. The van der Waals surface area contributed by atoms with E-state index < -0.39 is 6.10 Å². The van der Waals surface area contributed by atoms with Gasteiger partial charge < -0.3 is 14.8 Å². The second kappa shape index (κ2) is 8.20. The molecule has 1 amide bonds. The fourth-order valence-corrected chi connectivity index (χ4v) is 2.97. The Balaban J connectivity index is 1.43. The minimum Gasteiger partial charge on any atom is -0.493 e. The molecular weight excluding hydrogens is 382 g/mol. The Hall–Kier alpha value is -3.94. The molecular formula is C22H21N5O3. The lowest BCUT2D eigenvalue weighted by molar-refractivity contribution is -0.122. The Morgan fingerprint density at radius 1 is 1.07 bits per heavy atom. The van der Waals surface area contributed by atoms with E-state index in [4.69, 9.17) is 9.47 Å². The van der Waals surface area contributed by atoms with Gasteiger partial charge in [-0.05, 0) is 55.8 Å². The van der Waals surface area contributed by atoms with Crippen LogP contribution in [0.4, 0.5) is 5.69 Å². The molecule has 0 spiro atoms. The van der Waals surface area contributed by atoms with Crippen molar-refractivity contribution in [3.8, 4) is 22.8 Å². The van der Waals surface area contributed by atoms with Crippen LogP contribution in [0.3, 0.4) is 0 Å². The summed E-state index contributed by atoms with van der Waals surface area (Å²) >= 11 is 0. The minimum atomic E-state index is -0.695. The first-order valence-corrected chi connectivity index (χ1v) is 9.43. The van der Waals surface area contributed by atoms with Gasteiger partial charge in [0, 0.05) is 11.3 Å². The van der Waals surface area contributed by atoms with Crippen LogP contribution in [0.25, 0.3) is 16.9 Å². The van der Waals surface area contributed by atoms with Crippen LogP contribution in [-0.4, -0.2) is 38.9 Å². The van der Waals surface area contributed by atoms with Crippen LogP contribution in [0, 0.1) is 6.92 Å². The number of amides is 1. The Morgan fingerprint density at radius 2 is 1.87 bits per heavy atom. The molecule has 0 bridgehead atoms. The molecule has 0 saturated heterocycles. The van der Waals surface area contributed by atoms with E-state index in [0.29, 0.717) is 22.8 Å². The van der Waals surface area contributed by atoms with Crippen LogP contribution in [-0.2, 0) is 4.79 Å². The summed E-state index contributed by atoms with van der Waals surface area (Å²) in [7, 11) is 1.57. The molecule has 4 aromatic rings. The maximum Gasteiger partial charge on any atom is 0.265 e. The van der Waals surface area contributed by atoms with Crippen LogP contribution in [0.2, 0.25) is 0 Å². The number of nitrogens with zero attached hydrogens (tertiary/aromatic N) is 4. The number of anilines is 1. The van der Waals surface area contributed by atoms with E-state index in [1.165, 1.54) is 0 Å². The van der Waals surface area contributed by atoms with Gasteiger partial charge in [-0.3, -0.25) is 4.79 Å². The molecule has 2 aromatic heterocycles. The Labute approximate surface area is 173 Å². The zero-order valence-corrected chi connectivity index (χ0v) is 16.9. The lowest BCUT2D eigenvalue weighted by Crippen LogP contribution is -2.30. The van der Waals surface area contributed by atoms with E-state index in [1.54, 1.807) is 30.9 Å². The summed E-state index contributed by atoms with van der Waals surface area (Å²) in [5.41, 5.74) is 4.09. The van der Waals surface area contributed by atoms with E-state index in [1.807, 2.05) is 55.5 Å². The normalized spacial score (nSPS) is 11.8. The Bertz CT molecular complexity index is 1190.